The van der Waals surface area contributed by atoms with Gasteiger partial charge >= 0.3 is 0 Å². The van der Waals surface area contributed by atoms with Crippen LogP contribution in [0.1, 0.15) is 5.56 Å². The fourth-order valence-electron chi connectivity index (χ4n) is 1.04. The van der Waals surface area contributed by atoms with Crippen LogP contribution in [0.2, 0.25) is 0 Å². The number of halogens is 2. The van der Waals surface area contributed by atoms with E-state index in [1.807, 2.05) is 0 Å². The molecule has 2 aromatic rings. The Morgan fingerprint density at radius 1 is 1.33 bits per heavy atom. The molecule has 4 heteroatoms. The van der Waals surface area contributed by atoms with Gasteiger partial charge in [0, 0.05) is 4.47 Å². The molecule has 1 heterocycles. The summed E-state index contributed by atoms with van der Waals surface area (Å²) in [5.41, 5.74) is 2.27. The van der Waals surface area contributed by atoms with Crippen molar-refractivity contribution in [2.24, 2.45) is 0 Å². The Kier molecular flexibility index (Phi) is 2.23. The highest BCUT2D eigenvalue weighted by molar-refractivity contribution is 9.11. The molecule has 2 rings (SSSR count). The first kappa shape index (κ1) is 8.66. The van der Waals surface area contributed by atoms with Crippen LogP contribution in [0, 0.1) is 6.92 Å². The van der Waals surface area contributed by atoms with Crippen LogP contribution in [0.5, 0.6) is 0 Å². The summed E-state index contributed by atoms with van der Waals surface area (Å²) in [6.45, 7) is 2.07. The lowest BCUT2D eigenvalue weighted by Crippen LogP contribution is -1.76. The first-order valence-corrected chi connectivity index (χ1v) is 5.80. The number of hydrogen-bond donors (Lipinski definition) is 0. The van der Waals surface area contributed by atoms with Gasteiger partial charge in [-0.25, -0.2) is 4.98 Å². The summed E-state index contributed by atoms with van der Waals surface area (Å²) in [6.07, 6.45) is 0. The molecule has 62 valence electrons. The Hall–Kier alpha value is 0.0700. The van der Waals surface area contributed by atoms with Crippen molar-refractivity contribution in [2.75, 3.05) is 0 Å². The fourth-order valence-corrected chi connectivity index (χ4v) is 3.00. The number of thiazole rings is 1. The molecule has 1 nitrogen and oxygen atoms in total. The highest BCUT2D eigenvalue weighted by atomic mass is 79.9. The third-order valence-corrected chi connectivity index (χ3v) is 4.14. The molecule has 1 aromatic heterocycles. The van der Waals surface area contributed by atoms with E-state index < -0.39 is 0 Å². The van der Waals surface area contributed by atoms with Gasteiger partial charge in [0.05, 0.1) is 10.2 Å². The summed E-state index contributed by atoms with van der Waals surface area (Å²) in [7, 11) is 0. The van der Waals surface area contributed by atoms with Gasteiger partial charge in [-0.3, -0.25) is 0 Å². The molecule has 0 aliphatic carbocycles. The number of aromatic nitrogens is 1. The second-order valence-corrected chi connectivity index (χ2v) is 5.61. The van der Waals surface area contributed by atoms with Crippen LogP contribution in [0.15, 0.2) is 20.5 Å². The average molecular weight is 307 g/mol. The predicted molar refractivity (Wildman–Crippen MR) is 59.8 cm³/mol. The van der Waals surface area contributed by atoms with Crippen LogP contribution in [0.4, 0.5) is 0 Å². The first-order chi connectivity index (χ1) is 5.68. The highest BCUT2D eigenvalue weighted by Gasteiger charge is 2.06. The molecule has 0 atom stereocenters. The molecule has 12 heavy (non-hydrogen) atoms. The number of benzene rings is 1. The molecule has 0 aliphatic rings. The second-order valence-electron chi connectivity index (χ2n) is 2.51. The molecule has 0 saturated carbocycles. The molecule has 0 bridgehead atoms. The van der Waals surface area contributed by atoms with E-state index in [0.717, 1.165) is 13.9 Å². The molecule has 0 fully saturated rings. The van der Waals surface area contributed by atoms with Crippen molar-refractivity contribution in [3.63, 3.8) is 0 Å². The quantitative estimate of drug-likeness (QED) is 0.713. The summed E-state index contributed by atoms with van der Waals surface area (Å²) >= 11 is 8.54. The standard InChI is InChI=1S/C8H5Br2NS/c1-4-2-3-5-7(6(4)9)11-8(10)12-5/h2-3H,1H3. The van der Waals surface area contributed by atoms with Gasteiger partial charge in [-0.15, -0.1) is 11.3 Å². The Balaban J connectivity index is 2.89. The van der Waals surface area contributed by atoms with Crippen LogP contribution < -0.4 is 0 Å². The van der Waals surface area contributed by atoms with Crippen molar-refractivity contribution in [2.45, 2.75) is 6.92 Å². The van der Waals surface area contributed by atoms with Crippen molar-refractivity contribution in [3.05, 3.63) is 26.1 Å². The third-order valence-electron chi connectivity index (χ3n) is 1.67. The van der Waals surface area contributed by atoms with Gasteiger partial charge in [-0.2, -0.15) is 0 Å². The number of nitrogens with zero attached hydrogens (tertiary/aromatic N) is 1. The van der Waals surface area contributed by atoms with Crippen molar-refractivity contribution in [1.29, 1.82) is 0 Å². The molecule has 0 spiro atoms. The largest absolute Gasteiger partial charge is 0.228 e. The van der Waals surface area contributed by atoms with Crippen molar-refractivity contribution in [3.8, 4) is 0 Å². The monoisotopic (exact) mass is 305 g/mol. The number of aryl methyl sites for hydroxylation is 1. The lowest BCUT2D eigenvalue weighted by molar-refractivity contribution is 1.39. The van der Waals surface area contributed by atoms with Crippen molar-refractivity contribution in [1.82, 2.24) is 4.98 Å². The normalized spacial score (nSPS) is 10.9. The van der Waals surface area contributed by atoms with Crippen molar-refractivity contribution < 1.29 is 0 Å². The SMILES string of the molecule is Cc1ccc2sc(Br)nc2c1Br. The zero-order chi connectivity index (χ0) is 8.72. The molecule has 0 amide bonds. The molecule has 0 N–H and O–H groups in total. The van der Waals surface area contributed by atoms with Gasteiger partial charge < -0.3 is 0 Å². The summed E-state index contributed by atoms with van der Waals surface area (Å²) in [5, 5.41) is 0. The Bertz CT molecular complexity index is 436. The zero-order valence-electron chi connectivity index (χ0n) is 6.27. The highest BCUT2D eigenvalue weighted by Crippen LogP contribution is 2.32. The van der Waals surface area contributed by atoms with Gasteiger partial charge in [0.25, 0.3) is 0 Å². The minimum Gasteiger partial charge on any atom is -0.228 e. The zero-order valence-corrected chi connectivity index (χ0v) is 10.3. The minimum atomic E-state index is 0.934. The predicted octanol–water partition coefficient (Wildman–Crippen LogP) is 4.13. The topological polar surface area (TPSA) is 12.9 Å². The maximum atomic E-state index is 4.36. The van der Waals surface area contributed by atoms with E-state index in [2.05, 4.69) is 55.9 Å². The van der Waals surface area contributed by atoms with E-state index in [9.17, 15) is 0 Å². The summed E-state index contributed by atoms with van der Waals surface area (Å²) < 4.78 is 3.24. The molecular formula is C8H5Br2NS. The van der Waals surface area contributed by atoms with Crippen LogP contribution in [0.3, 0.4) is 0 Å². The number of rotatable bonds is 0. The minimum absolute atomic E-state index is 0.934. The molecule has 0 aliphatic heterocycles. The third kappa shape index (κ3) is 1.32. The lowest BCUT2D eigenvalue weighted by atomic mass is 10.2. The molecular weight excluding hydrogens is 302 g/mol. The van der Waals surface area contributed by atoms with Crippen molar-refractivity contribution >= 4 is 53.4 Å². The maximum Gasteiger partial charge on any atom is 0.160 e. The van der Waals surface area contributed by atoms with E-state index in [1.165, 1.54) is 10.3 Å². The molecule has 0 saturated heterocycles. The van der Waals surface area contributed by atoms with Crippen LogP contribution in [-0.4, -0.2) is 4.98 Å². The van der Waals surface area contributed by atoms with Gasteiger partial charge in [-0.05, 0) is 50.4 Å². The van der Waals surface area contributed by atoms with Crippen LogP contribution in [-0.2, 0) is 0 Å². The van der Waals surface area contributed by atoms with Gasteiger partial charge in [-0.1, -0.05) is 6.07 Å². The number of hydrogen-bond acceptors (Lipinski definition) is 2. The average Bonchev–Trinajstić information content (AvgIpc) is 2.39. The molecule has 0 radical (unpaired) electrons. The van der Waals surface area contributed by atoms with E-state index in [4.69, 9.17) is 0 Å². The Morgan fingerprint density at radius 2 is 2.08 bits per heavy atom. The maximum absolute atomic E-state index is 4.36. The number of fused-ring (bicyclic) bond motifs is 1. The Morgan fingerprint density at radius 3 is 2.83 bits per heavy atom. The summed E-state index contributed by atoms with van der Waals surface area (Å²) in [4.78, 5) is 4.36. The first-order valence-electron chi connectivity index (χ1n) is 3.39. The molecule has 0 unspecified atom stereocenters. The molecule has 1 aromatic carbocycles. The second kappa shape index (κ2) is 3.09. The smallest absolute Gasteiger partial charge is 0.160 e. The summed E-state index contributed by atoms with van der Waals surface area (Å²) in [5.74, 6) is 0. The van der Waals surface area contributed by atoms with E-state index in [-0.39, 0.29) is 0 Å². The van der Waals surface area contributed by atoms with Gasteiger partial charge in [0.15, 0.2) is 3.92 Å². The van der Waals surface area contributed by atoms with Crippen LogP contribution in [0.25, 0.3) is 10.2 Å². The van der Waals surface area contributed by atoms with E-state index >= 15 is 0 Å². The van der Waals surface area contributed by atoms with Gasteiger partial charge in [0.1, 0.15) is 0 Å². The fraction of sp³-hybridized carbons (Fsp3) is 0.125. The van der Waals surface area contributed by atoms with Gasteiger partial charge in [0.2, 0.25) is 0 Å². The van der Waals surface area contributed by atoms with Crippen LogP contribution >= 0.6 is 43.2 Å². The summed E-state index contributed by atoms with van der Waals surface area (Å²) in [6, 6.07) is 4.19. The Labute approximate surface area is 91.1 Å². The van der Waals surface area contributed by atoms with E-state index in [1.54, 1.807) is 11.3 Å². The van der Waals surface area contributed by atoms with E-state index in [0.29, 0.717) is 0 Å². The lowest BCUT2D eigenvalue weighted by Gasteiger charge is -1.96.